The minimum absolute atomic E-state index is 0.659. The van der Waals surface area contributed by atoms with Crippen molar-refractivity contribution in [2.24, 2.45) is 0 Å². The summed E-state index contributed by atoms with van der Waals surface area (Å²) < 4.78 is 4.42. The SMILES string of the molecule is CC(C)(O)C(C)(C)O.CC=COB(O)OOC(C)=O. The third-order valence-electron chi connectivity index (χ3n) is 2.08. The summed E-state index contributed by atoms with van der Waals surface area (Å²) in [7, 11) is -1.57. The van der Waals surface area contributed by atoms with Crippen molar-refractivity contribution in [3.05, 3.63) is 12.3 Å². The molecule has 0 amide bonds. The van der Waals surface area contributed by atoms with E-state index < -0.39 is 24.5 Å². The van der Waals surface area contributed by atoms with Gasteiger partial charge in [-0.1, -0.05) is 6.08 Å². The highest BCUT2D eigenvalue weighted by atomic mass is 17.2. The zero-order chi connectivity index (χ0) is 15.7. The van der Waals surface area contributed by atoms with Crippen molar-refractivity contribution in [2.45, 2.75) is 52.7 Å². The molecule has 0 saturated heterocycles. The molecule has 0 saturated carbocycles. The predicted molar refractivity (Wildman–Crippen MR) is 69.3 cm³/mol. The van der Waals surface area contributed by atoms with Crippen molar-refractivity contribution in [1.29, 1.82) is 0 Å². The van der Waals surface area contributed by atoms with Gasteiger partial charge < -0.3 is 24.8 Å². The Balaban J connectivity index is 0. The quantitative estimate of drug-likeness (QED) is 0.291. The Labute approximate surface area is 113 Å². The van der Waals surface area contributed by atoms with E-state index in [0.717, 1.165) is 6.92 Å². The first kappa shape index (κ1) is 20.2. The molecule has 0 bridgehead atoms. The molecule has 0 aromatic carbocycles. The lowest BCUT2D eigenvalue weighted by Crippen LogP contribution is -2.44. The van der Waals surface area contributed by atoms with Crippen molar-refractivity contribution >= 4 is 13.3 Å². The molecule has 0 spiro atoms. The number of carbonyl (C=O) groups excluding carboxylic acids is 1. The standard InChI is InChI=1S/C6H14O2.C5H9BO5/c1-5(2,7)6(3,4)8;1-3-4-9-6(8)11-10-5(2)7/h7-8H,1-4H3;3-4,8H,1-2H3. The molecule has 0 aliphatic carbocycles. The van der Waals surface area contributed by atoms with Crippen LogP contribution in [0.5, 0.6) is 0 Å². The first-order valence-electron chi connectivity index (χ1n) is 5.65. The average Bonchev–Trinajstić information content (AvgIpc) is 2.21. The van der Waals surface area contributed by atoms with Gasteiger partial charge in [-0.15, -0.1) is 0 Å². The van der Waals surface area contributed by atoms with E-state index >= 15 is 0 Å². The topological polar surface area (TPSA) is 105 Å². The van der Waals surface area contributed by atoms with Gasteiger partial charge in [-0.05, 0) is 34.6 Å². The Bertz CT molecular complexity index is 266. The first-order chi connectivity index (χ1) is 8.41. The van der Waals surface area contributed by atoms with Crippen LogP contribution in [0.1, 0.15) is 41.5 Å². The molecule has 0 aromatic heterocycles. The zero-order valence-electron chi connectivity index (χ0n) is 12.2. The summed E-state index contributed by atoms with van der Waals surface area (Å²) in [5.74, 6) is -0.659. The highest BCUT2D eigenvalue weighted by Crippen LogP contribution is 2.19. The van der Waals surface area contributed by atoms with Crippen LogP contribution in [-0.2, 0) is 19.1 Å². The molecule has 19 heavy (non-hydrogen) atoms. The third kappa shape index (κ3) is 13.2. The molecule has 0 aliphatic heterocycles. The summed E-state index contributed by atoms with van der Waals surface area (Å²) in [6.07, 6.45) is 2.74. The van der Waals surface area contributed by atoms with E-state index in [0.29, 0.717) is 0 Å². The van der Waals surface area contributed by atoms with Gasteiger partial charge in [0.25, 0.3) is 0 Å². The molecule has 0 atom stereocenters. The maximum absolute atomic E-state index is 10.1. The van der Waals surface area contributed by atoms with Crippen LogP contribution in [0.15, 0.2) is 12.3 Å². The fourth-order valence-corrected chi connectivity index (χ4v) is 0.277. The second-order valence-corrected chi connectivity index (χ2v) is 4.70. The van der Waals surface area contributed by atoms with Gasteiger partial charge in [-0.25, -0.2) is 4.79 Å². The lowest BCUT2D eigenvalue weighted by molar-refractivity contribution is -0.227. The molecule has 0 radical (unpaired) electrons. The van der Waals surface area contributed by atoms with E-state index in [-0.39, 0.29) is 0 Å². The van der Waals surface area contributed by atoms with E-state index in [9.17, 15) is 4.79 Å². The van der Waals surface area contributed by atoms with Crippen LogP contribution in [0.3, 0.4) is 0 Å². The lowest BCUT2D eigenvalue weighted by Gasteiger charge is -2.31. The fraction of sp³-hybridized carbons (Fsp3) is 0.727. The van der Waals surface area contributed by atoms with Crippen molar-refractivity contribution in [2.75, 3.05) is 0 Å². The molecule has 0 fully saturated rings. The maximum Gasteiger partial charge on any atom is 0.748 e. The highest BCUT2D eigenvalue weighted by molar-refractivity contribution is 6.34. The Morgan fingerprint density at radius 3 is 1.84 bits per heavy atom. The fourth-order valence-electron chi connectivity index (χ4n) is 0.277. The van der Waals surface area contributed by atoms with Gasteiger partial charge in [0.1, 0.15) is 0 Å². The first-order valence-corrected chi connectivity index (χ1v) is 5.65. The van der Waals surface area contributed by atoms with Gasteiger partial charge in [0.2, 0.25) is 0 Å². The highest BCUT2D eigenvalue weighted by Gasteiger charge is 2.31. The summed E-state index contributed by atoms with van der Waals surface area (Å²) in [4.78, 5) is 18.1. The van der Waals surface area contributed by atoms with Crippen molar-refractivity contribution in [3.63, 3.8) is 0 Å². The van der Waals surface area contributed by atoms with Crippen LogP contribution in [0.4, 0.5) is 0 Å². The lowest BCUT2D eigenvalue weighted by atomic mass is 9.90. The molecule has 0 aliphatic rings. The number of hydrogen-bond acceptors (Lipinski definition) is 7. The minimum atomic E-state index is -1.57. The van der Waals surface area contributed by atoms with E-state index in [1.54, 1.807) is 40.7 Å². The largest absolute Gasteiger partial charge is 0.748 e. The third-order valence-corrected chi connectivity index (χ3v) is 2.08. The van der Waals surface area contributed by atoms with E-state index in [1.807, 2.05) is 0 Å². The van der Waals surface area contributed by atoms with E-state index in [2.05, 4.69) is 14.3 Å². The van der Waals surface area contributed by atoms with Crippen LogP contribution >= 0.6 is 0 Å². The molecule has 0 heterocycles. The Kier molecular flexibility index (Phi) is 9.50. The average molecular weight is 278 g/mol. The molecule has 112 valence electrons. The number of carbonyl (C=O) groups is 1. The van der Waals surface area contributed by atoms with E-state index in [4.69, 9.17) is 15.2 Å². The zero-order valence-corrected chi connectivity index (χ0v) is 12.2. The van der Waals surface area contributed by atoms with Crippen molar-refractivity contribution in [1.82, 2.24) is 0 Å². The summed E-state index contributed by atoms with van der Waals surface area (Å²) >= 11 is 0. The monoisotopic (exact) mass is 278 g/mol. The summed E-state index contributed by atoms with van der Waals surface area (Å²) in [5, 5.41) is 26.9. The molecule has 8 heteroatoms. The smallest absolute Gasteiger partial charge is 0.517 e. The molecular formula is C11H23BO7. The molecular weight excluding hydrogens is 255 g/mol. The number of rotatable bonds is 5. The normalized spacial score (nSPS) is 11.6. The van der Waals surface area contributed by atoms with Crippen LogP contribution in [0.2, 0.25) is 0 Å². The van der Waals surface area contributed by atoms with Gasteiger partial charge >= 0.3 is 13.3 Å². The molecule has 7 nitrogen and oxygen atoms in total. The summed E-state index contributed by atoms with van der Waals surface area (Å²) in [6.45, 7) is 9.14. The number of aliphatic hydroxyl groups is 2. The Morgan fingerprint density at radius 2 is 1.58 bits per heavy atom. The van der Waals surface area contributed by atoms with Gasteiger partial charge in [-0.3, -0.25) is 0 Å². The molecule has 0 aromatic rings. The van der Waals surface area contributed by atoms with Gasteiger partial charge in [0.05, 0.1) is 17.5 Å². The molecule has 0 unspecified atom stereocenters. The second kappa shape index (κ2) is 8.92. The summed E-state index contributed by atoms with van der Waals surface area (Å²) in [5.41, 5.74) is -2.01. The van der Waals surface area contributed by atoms with Crippen LogP contribution in [0, 0.1) is 0 Å². The van der Waals surface area contributed by atoms with Gasteiger partial charge in [0, 0.05) is 6.92 Å². The minimum Gasteiger partial charge on any atom is -0.517 e. The van der Waals surface area contributed by atoms with Crippen LogP contribution in [-0.4, -0.2) is 39.7 Å². The van der Waals surface area contributed by atoms with Crippen molar-refractivity contribution in [3.8, 4) is 0 Å². The summed E-state index contributed by atoms with van der Waals surface area (Å²) in [6, 6.07) is 0. The van der Waals surface area contributed by atoms with Crippen LogP contribution in [0.25, 0.3) is 0 Å². The predicted octanol–water partition coefficient (Wildman–Crippen LogP) is 0.537. The van der Waals surface area contributed by atoms with Gasteiger partial charge in [0.15, 0.2) is 0 Å². The Hall–Kier alpha value is -1.09. The molecule has 0 rings (SSSR count). The molecule has 3 N–H and O–H groups in total. The Morgan fingerprint density at radius 1 is 1.16 bits per heavy atom. The van der Waals surface area contributed by atoms with Crippen LogP contribution < -0.4 is 0 Å². The second-order valence-electron chi connectivity index (χ2n) is 4.70. The van der Waals surface area contributed by atoms with Crippen molar-refractivity contribution < 1.29 is 34.4 Å². The number of allylic oxidation sites excluding steroid dienone is 1. The van der Waals surface area contributed by atoms with Gasteiger partial charge in [-0.2, -0.15) is 4.81 Å². The van der Waals surface area contributed by atoms with E-state index in [1.165, 1.54) is 6.26 Å². The maximum atomic E-state index is 10.1. The number of hydrogen-bond donors (Lipinski definition) is 3.